The minimum Gasteiger partial charge on any atom is -0.382 e. The van der Waals surface area contributed by atoms with Gasteiger partial charge in [0.05, 0.1) is 17.3 Å². The molecule has 1 fully saturated rings. The van der Waals surface area contributed by atoms with Crippen LogP contribution in [-0.2, 0) is 11.8 Å². The number of nitrogens with one attached hydrogen (secondary N) is 1. The zero-order valence-electron chi connectivity index (χ0n) is 18.3. The summed E-state index contributed by atoms with van der Waals surface area (Å²) in [6.45, 7) is 8.09. The maximum absolute atomic E-state index is 13.1. The van der Waals surface area contributed by atoms with Crippen LogP contribution < -0.4 is 16.2 Å². The van der Waals surface area contributed by atoms with Crippen LogP contribution in [0.25, 0.3) is 22.2 Å². The molecule has 30 heavy (non-hydrogen) atoms. The summed E-state index contributed by atoms with van der Waals surface area (Å²) in [6.07, 6.45) is 4.20. The van der Waals surface area contributed by atoms with Gasteiger partial charge in [0.1, 0.15) is 11.2 Å². The molecule has 9 heteroatoms. The number of aromatic nitrogens is 5. The number of H-pyrrole nitrogens is 1. The van der Waals surface area contributed by atoms with Gasteiger partial charge in [0, 0.05) is 51.1 Å². The van der Waals surface area contributed by atoms with Crippen LogP contribution in [0.4, 0.5) is 11.6 Å². The molecule has 0 spiro atoms. The largest absolute Gasteiger partial charge is 0.382 e. The number of aryl methyl sites for hydroxylation is 1. The van der Waals surface area contributed by atoms with Crippen molar-refractivity contribution in [3.05, 3.63) is 22.6 Å². The van der Waals surface area contributed by atoms with E-state index in [1.807, 2.05) is 24.9 Å². The molecule has 0 aliphatic carbocycles. The van der Waals surface area contributed by atoms with E-state index in [0.717, 1.165) is 43.0 Å². The van der Waals surface area contributed by atoms with E-state index in [9.17, 15) is 4.79 Å². The van der Waals surface area contributed by atoms with Crippen molar-refractivity contribution >= 4 is 22.5 Å². The number of aromatic amines is 1. The van der Waals surface area contributed by atoms with Crippen molar-refractivity contribution in [2.45, 2.75) is 45.8 Å². The number of nitrogen functional groups attached to an aromatic ring is 1. The third-order valence-corrected chi connectivity index (χ3v) is 6.41. The van der Waals surface area contributed by atoms with Crippen molar-refractivity contribution in [1.29, 1.82) is 0 Å². The molecule has 4 rings (SSSR count). The van der Waals surface area contributed by atoms with Crippen LogP contribution in [0.1, 0.15) is 39.7 Å². The van der Waals surface area contributed by atoms with Gasteiger partial charge in [-0.2, -0.15) is 10.2 Å². The first-order valence-corrected chi connectivity index (χ1v) is 10.5. The number of rotatable bonds is 5. The quantitative estimate of drug-likeness (QED) is 0.666. The molecule has 162 valence electrons. The summed E-state index contributed by atoms with van der Waals surface area (Å²) >= 11 is 0. The van der Waals surface area contributed by atoms with Crippen LogP contribution in [-0.4, -0.2) is 50.8 Å². The maximum atomic E-state index is 13.1. The van der Waals surface area contributed by atoms with Crippen LogP contribution in [0, 0.1) is 5.92 Å². The molecule has 3 N–H and O–H groups in total. The molecule has 4 heterocycles. The number of fused-ring (bicyclic) bond motifs is 1. The normalized spacial score (nSPS) is 16.7. The molecular formula is C21H31N7O2. The number of nitrogens with two attached hydrogens (primary N) is 1. The number of hydrogen-bond donors (Lipinski definition) is 2. The number of anilines is 2. The Kier molecular flexibility index (Phi) is 5.31. The molecule has 1 aliphatic rings. The fraction of sp³-hybridized carbons (Fsp3) is 0.571. The zero-order valence-corrected chi connectivity index (χ0v) is 18.3. The number of ether oxygens (including phenoxy) is 1. The highest BCUT2D eigenvalue weighted by Gasteiger charge is 2.24. The first-order chi connectivity index (χ1) is 14.3. The molecule has 3 aromatic rings. The van der Waals surface area contributed by atoms with Crippen LogP contribution >= 0.6 is 0 Å². The third-order valence-electron chi connectivity index (χ3n) is 6.41. The molecule has 0 bridgehead atoms. The fourth-order valence-electron chi connectivity index (χ4n) is 4.18. The van der Waals surface area contributed by atoms with E-state index in [1.165, 1.54) is 0 Å². The second-order valence-electron chi connectivity index (χ2n) is 8.53. The topological polar surface area (TPSA) is 107 Å². The van der Waals surface area contributed by atoms with E-state index < -0.39 is 0 Å². The number of hydrogen-bond acceptors (Lipinski definition) is 6. The summed E-state index contributed by atoms with van der Waals surface area (Å²) < 4.78 is 9.15. The van der Waals surface area contributed by atoms with Gasteiger partial charge >= 0.3 is 0 Å². The standard InChI is InChI=1S/C21H31N7O2/c1-12(2)13(3)28-11-15(19-18(21(28)29)20(22)24-23-19)16-10-17(26(4)25-16)27-8-6-14(30-5)7-9-27/h10-14H,6-9H2,1-5H3,(H3,22,23,24). The first-order valence-electron chi connectivity index (χ1n) is 10.5. The molecule has 0 amide bonds. The molecule has 3 aromatic heterocycles. The van der Waals surface area contributed by atoms with Gasteiger partial charge in [-0.15, -0.1) is 0 Å². The highest BCUT2D eigenvalue weighted by Crippen LogP contribution is 2.32. The smallest absolute Gasteiger partial charge is 0.264 e. The molecule has 0 aromatic carbocycles. The molecule has 1 saturated heterocycles. The zero-order chi connectivity index (χ0) is 21.6. The Balaban J connectivity index is 1.80. The molecule has 0 radical (unpaired) electrons. The van der Waals surface area contributed by atoms with Gasteiger partial charge in [-0.05, 0) is 25.7 Å². The Morgan fingerprint density at radius 2 is 1.97 bits per heavy atom. The van der Waals surface area contributed by atoms with Crippen LogP contribution in [0.5, 0.6) is 0 Å². The van der Waals surface area contributed by atoms with E-state index >= 15 is 0 Å². The van der Waals surface area contributed by atoms with Crippen molar-refractivity contribution in [3.63, 3.8) is 0 Å². The van der Waals surface area contributed by atoms with Gasteiger partial charge in [-0.1, -0.05) is 13.8 Å². The number of piperidine rings is 1. The van der Waals surface area contributed by atoms with Gasteiger partial charge in [0.25, 0.3) is 5.56 Å². The number of methoxy groups -OCH3 is 1. The van der Waals surface area contributed by atoms with Gasteiger partial charge in [0.2, 0.25) is 0 Å². The SMILES string of the molecule is COC1CCN(c2cc(-c3cn(C(C)C(C)C)c(=O)c4c(N)n[nH]c34)nn2C)CC1. The van der Waals surface area contributed by atoms with Crippen molar-refractivity contribution in [2.75, 3.05) is 30.8 Å². The van der Waals surface area contributed by atoms with Crippen molar-refractivity contribution in [3.8, 4) is 11.3 Å². The molecule has 0 saturated carbocycles. The summed E-state index contributed by atoms with van der Waals surface area (Å²) in [4.78, 5) is 15.4. The minimum absolute atomic E-state index is 0.0196. The summed E-state index contributed by atoms with van der Waals surface area (Å²) in [6, 6.07) is 2.10. The van der Waals surface area contributed by atoms with E-state index in [2.05, 4.69) is 35.0 Å². The van der Waals surface area contributed by atoms with Crippen molar-refractivity contribution in [2.24, 2.45) is 13.0 Å². The molecule has 9 nitrogen and oxygen atoms in total. The van der Waals surface area contributed by atoms with Gasteiger partial charge in [-0.3, -0.25) is 14.6 Å². The van der Waals surface area contributed by atoms with Crippen LogP contribution in [0.2, 0.25) is 0 Å². The lowest BCUT2D eigenvalue weighted by molar-refractivity contribution is 0.0817. The van der Waals surface area contributed by atoms with E-state index in [-0.39, 0.29) is 17.4 Å². The average molecular weight is 414 g/mol. The summed E-state index contributed by atoms with van der Waals surface area (Å²) in [5.74, 6) is 1.57. The van der Waals surface area contributed by atoms with Crippen LogP contribution in [0.3, 0.4) is 0 Å². The fourth-order valence-corrected chi connectivity index (χ4v) is 4.18. The Labute approximate surface area is 175 Å². The second-order valence-corrected chi connectivity index (χ2v) is 8.53. The Morgan fingerprint density at radius 1 is 1.27 bits per heavy atom. The Bertz CT molecular complexity index is 1100. The molecule has 1 aliphatic heterocycles. The highest BCUT2D eigenvalue weighted by molar-refractivity contribution is 5.97. The summed E-state index contributed by atoms with van der Waals surface area (Å²) in [5, 5.41) is 12.2. The summed E-state index contributed by atoms with van der Waals surface area (Å²) in [5.41, 5.74) is 8.17. The van der Waals surface area contributed by atoms with Crippen LogP contribution in [0.15, 0.2) is 17.1 Å². The predicted octanol–water partition coefficient (Wildman–Crippen LogP) is 2.54. The maximum Gasteiger partial charge on any atom is 0.264 e. The van der Waals surface area contributed by atoms with E-state index in [4.69, 9.17) is 15.6 Å². The van der Waals surface area contributed by atoms with Crippen molar-refractivity contribution in [1.82, 2.24) is 24.5 Å². The molecular weight excluding hydrogens is 382 g/mol. The summed E-state index contributed by atoms with van der Waals surface area (Å²) in [7, 11) is 3.73. The second kappa shape index (κ2) is 7.79. The van der Waals surface area contributed by atoms with Gasteiger partial charge in [0.15, 0.2) is 5.82 Å². The lowest BCUT2D eigenvalue weighted by Crippen LogP contribution is -2.37. The monoisotopic (exact) mass is 413 g/mol. The third kappa shape index (κ3) is 3.36. The number of pyridine rings is 1. The first kappa shape index (κ1) is 20.5. The lowest BCUT2D eigenvalue weighted by Gasteiger charge is -2.32. The highest BCUT2D eigenvalue weighted by atomic mass is 16.5. The van der Waals surface area contributed by atoms with E-state index in [0.29, 0.717) is 22.9 Å². The van der Waals surface area contributed by atoms with Gasteiger partial charge in [-0.25, -0.2) is 0 Å². The van der Waals surface area contributed by atoms with E-state index in [1.54, 1.807) is 11.7 Å². The molecule has 1 unspecified atom stereocenters. The molecule has 1 atom stereocenters. The van der Waals surface area contributed by atoms with Crippen molar-refractivity contribution < 1.29 is 4.74 Å². The Hall–Kier alpha value is -2.81. The lowest BCUT2D eigenvalue weighted by atomic mass is 10.0. The minimum atomic E-state index is -0.126. The predicted molar refractivity (Wildman–Crippen MR) is 119 cm³/mol. The number of nitrogens with zero attached hydrogens (tertiary/aromatic N) is 5. The Morgan fingerprint density at radius 3 is 2.60 bits per heavy atom. The van der Waals surface area contributed by atoms with Gasteiger partial charge < -0.3 is 19.9 Å². The average Bonchev–Trinajstić information content (AvgIpc) is 3.31.